The molecule has 5 heteroatoms. The van der Waals surface area contributed by atoms with Crippen LogP contribution in [0.25, 0.3) is 0 Å². The summed E-state index contributed by atoms with van der Waals surface area (Å²) >= 11 is 0. The van der Waals surface area contributed by atoms with E-state index in [1.54, 1.807) is 0 Å². The van der Waals surface area contributed by atoms with Gasteiger partial charge in [0.2, 0.25) is 0 Å². The minimum Gasteiger partial charge on any atom is -0.325 e. The fourth-order valence-electron chi connectivity index (χ4n) is 4.86. The second-order valence-corrected chi connectivity index (χ2v) is 7.99. The minimum atomic E-state index is -0.686. The van der Waals surface area contributed by atoms with Gasteiger partial charge in [0, 0.05) is 5.54 Å². The average Bonchev–Trinajstić information content (AvgIpc) is 2.36. The molecule has 0 aromatic rings. The Labute approximate surface area is 127 Å². The van der Waals surface area contributed by atoms with Crippen LogP contribution >= 0.6 is 0 Å². The number of rotatable bonds is 5. The third-order valence-corrected chi connectivity index (χ3v) is 5.54. The molecule has 2 aliphatic carbocycles. The van der Waals surface area contributed by atoms with Crippen molar-refractivity contribution in [2.24, 2.45) is 23.0 Å². The summed E-state index contributed by atoms with van der Waals surface area (Å²) < 4.78 is 0. The van der Waals surface area contributed by atoms with Crippen molar-refractivity contribution < 1.29 is 9.92 Å². The Morgan fingerprint density at radius 1 is 1.33 bits per heavy atom. The Kier molecular flexibility index (Phi) is 5.12. The van der Waals surface area contributed by atoms with Gasteiger partial charge in [-0.05, 0) is 62.7 Å². The fourth-order valence-corrected chi connectivity index (χ4v) is 4.86. The predicted octanol–water partition coefficient (Wildman–Crippen LogP) is 3.69. The standard InChI is InChI=1S/C16H30N2O3/c1-13-4-5-14-10-15(2,17)12-16(11-14,8-6-13)7-3-9-21-18(19)20/h13-14H,3-12,17H2,1-2H3. The number of nitrogens with two attached hydrogens (primary N) is 1. The van der Waals surface area contributed by atoms with E-state index in [2.05, 4.69) is 18.7 Å². The summed E-state index contributed by atoms with van der Waals surface area (Å²) in [7, 11) is 0. The van der Waals surface area contributed by atoms with Gasteiger partial charge >= 0.3 is 0 Å². The second-order valence-electron chi connectivity index (χ2n) is 7.99. The zero-order valence-electron chi connectivity index (χ0n) is 13.5. The van der Waals surface area contributed by atoms with Gasteiger partial charge in [-0.3, -0.25) is 0 Å². The Morgan fingerprint density at radius 2 is 2.10 bits per heavy atom. The lowest BCUT2D eigenvalue weighted by Crippen LogP contribution is -2.49. The summed E-state index contributed by atoms with van der Waals surface area (Å²) in [5.41, 5.74) is 6.72. The van der Waals surface area contributed by atoms with Gasteiger partial charge in [-0.2, -0.15) is 0 Å². The molecule has 0 spiro atoms. The van der Waals surface area contributed by atoms with Crippen LogP contribution in [-0.2, 0) is 4.84 Å². The third-order valence-electron chi connectivity index (χ3n) is 5.54. The van der Waals surface area contributed by atoms with Crippen LogP contribution in [0.15, 0.2) is 0 Å². The van der Waals surface area contributed by atoms with Crippen molar-refractivity contribution in [3.8, 4) is 0 Å². The van der Waals surface area contributed by atoms with E-state index in [9.17, 15) is 10.1 Å². The van der Waals surface area contributed by atoms with E-state index in [4.69, 9.17) is 5.73 Å². The smallest absolute Gasteiger partial charge is 0.294 e. The lowest BCUT2D eigenvalue weighted by molar-refractivity contribution is -0.757. The van der Waals surface area contributed by atoms with Gasteiger partial charge in [0.25, 0.3) is 5.09 Å². The highest BCUT2D eigenvalue weighted by Gasteiger charge is 2.44. The van der Waals surface area contributed by atoms with Crippen LogP contribution in [-0.4, -0.2) is 17.2 Å². The van der Waals surface area contributed by atoms with Crippen LogP contribution in [0.3, 0.4) is 0 Å². The van der Waals surface area contributed by atoms with Crippen LogP contribution in [0.5, 0.6) is 0 Å². The molecule has 2 N–H and O–H groups in total. The molecule has 0 aliphatic heterocycles. The molecule has 122 valence electrons. The Bertz CT molecular complexity index is 373. The molecule has 5 nitrogen and oxygen atoms in total. The van der Waals surface area contributed by atoms with Gasteiger partial charge in [-0.25, -0.2) is 0 Å². The number of hydrogen-bond donors (Lipinski definition) is 1. The first-order valence-corrected chi connectivity index (χ1v) is 8.36. The fraction of sp³-hybridized carbons (Fsp3) is 1.00. The monoisotopic (exact) mass is 298 g/mol. The van der Waals surface area contributed by atoms with Crippen LogP contribution in [0.2, 0.25) is 0 Å². The Hall–Kier alpha value is -0.840. The number of nitrogens with zero attached hydrogens (tertiary/aromatic N) is 1. The third kappa shape index (κ3) is 4.83. The predicted molar refractivity (Wildman–Crippen MR) is 82.2 cm³/mol. The molecule has 21 heavy (non-hydrogen) atoms. The average molecular weight is 298 g/mol. The van der Waals surface area contributed by atoms with Gasteiger partial charge in [0.1, 0.15) is 0 Å². The van der Waals surface area contributed by atoms with E-state index in [0.29, 0.717) is 0 Å². The van der Waals surface area contributed by atoms with Crippen molar-refractivity contribution in [1.82, 2.24) is 0 Å². The quantitative estimate of drug-likeness (QED) is 0.477. The zero-order chi connectivity index (χ0) is 15.5. The summed E-state index contributed by atoms with van der Waals surface area (Å²) in [6.07, 6.45) is 10.3. The van der Waals surface area contributed by atoms with Gasteiger partial charge in [-0.15, -0.1) is 10.1 Å². The summed E-state index contributed by atoms with van der Waals surface area (Å²) in [6.45, 7) is 4.76. The van der Waals surface area contributed by atoms with E-state index in [1.807, 2.05) is 0 Å². The summed E-state index contributed by atoms with van der Waals surface area (Å²) in [5, 5.41) is 9.59. The van der Waals surface area contributed by atoms with Crippen molar-refractivity contribution in [1.29, 1.82) is 0 Å². The van der Waals surface area contributed by atoms with Gasteiger partial charge in [0.15, 0.2) is 0 Å². The van der Waals surface area contributed by atoms with Crippen LogP contribution < -0.4 is 5.73 Å². The highest BCUT2D eigenvalue weighted by molar-refractivity contribution is 4.99. The molecule has 0 aromatic carbocycles. The topological polar surface area (TPSA) is 78.4 Å². The molecule has 0 heterocycles. The maximum atomic E-state index is 10.3. The van der Waals surface area contributed by atoms with Crippen molar-refractivity contribution in [2.45, 2.75) is 77.2 Å². The Balaban J connectivity index is 2.01. The van der Waals surface area contributed by atoms with E-state index in [1.165, 1.54) is 32.1 Å². The minimum absolute atomic E-state index is 0.0759. The molecular formula is C16H30N2O3. The van der Waals surface area contributed by atoms with Crippen LogP contribution in [0.1, 0.15) is 71.6 Å². The van der Waals surface area contributed by atoms with E-state index in [0.717, 1.165) is 37.5 Å². The molecule has 0 radical (unpaired) electrons. The molecule has 2 fully saturated rings. The maximum Gasteiger partial charge on any atom is 0.294 e. The molecule has 0 aromatic heterocycles. The maximum absolute atomic E-state index is 10.3. The van der Waals surface area contributed by atoms with Crippen LogP contribution in [0, 0.1) is 27.4 Å². The lowest BCUT2D eigenvalue weighted by Gasteiger charge is -2.50. The molecule has 4 unspecified atom stereocenters. The largest absolute Gasteiger partial charge is 0.325 e. The molecule has 0 saturated heterocycles. The second kappa shape index (κ2) is 6.51. The highest BCUT2D eigenvalue weighted by Crippen LogP contribution is 2.52. The number of fused-ring (bicyclic) bond motifs is 2. The Morgan fingerprint density at radius 3 is 2.81 bits per heavy atom. The van der Waals surface area contributed by atoms with E-state index < -0.39 is 5.09 Å². The first-order valence-electron chi connectivity index (χ1n) is 8.36. The van der Waals surface area contributed by atoms with Crippen molar-refractivity contribution >= 4 is 0 Å². The summed E-state index contributed by atoms with van der Waals surface area (Å²) in [4.78, 5) is 14.8. The van der Waals surface area contributed by atoms with Gasteiger partial charge in [-0.1, -0.05) is 26.2 Å². The molecule has 0 amide bonds. The van der Waals surface area contributed by atoms with E-state index >= 15 is 0 Å². The van der Waals surface area contributed by atoms with Crippen molar-refractivity contribution in [3.05, 3.63) is 10.1 Å². The normalized spacial score (nSPS) is 40.1. The molecule has 2 aliphatic rings. The van der Waals surface area contributed by atoms with Gasteiger partial charge in [0.05, 0.1) is 6.61 Å². The van der Waals surface area contributed by atoms with E-state index in [-0.39, 0.29) is 17.6 Å². The SMILES string of the molecule is CC1CCC2CC(C)(N)CC(CCCO[N+](=O)[O-])(CC1)C2. The first-order chi connectivity index (χ1) is 9.80. The van der Waals surface area contributed by atoms with Gasteiger partial charge < -0.3 is 10.6 Å². The van der Waals surface area contributed by atoms with Crippen molar-refractivity contribution in [3.63, 3.8) is 0 Å². The number of hydrogen-bond acceptors (Lipinski definition) is 4. The molecule has 4 atom stereocenters. The highest BCUT2D eigenvalue weighted by atomic mass is 16.9. The van der Waals surface area contributed by atoms with Crippen LogP contribution in [0.4, 0.5) is 0 Å². The molecular weight excluding hydrogens is 268 g/mol. The van der Waals surface area contributed by atoms with Crippen molar-refractivity contribution in [2.75, 3.05) is 6.61 Å². The molecule has 2 saturated carbocycles. The summed E-state index contributed by atoms with van der Waals surface area (Å²) in [6, 6.07) is 0. The zero-order valence-corrected chi connectivity index (χ0v) is 13.5. The summed E-state index contributed by atoms with van der Waals surface area (Å²) in [5.74, 6) is 1.53. The lowest BCUT2D eigenvalue weighted by atomic mass is 9.57. The molecule has 2 rings (SSSR count). The first kappa shape index (κ1) is 16.5. The molecule has 2 bridgehead atoms.